The van der Waals surface area contributed by atoms with Crippen LogP contribution < -0.4 is 69.3 Å². The first kappa shape index (κ1) is 59.2. The van der Waals surface area contributed by atoms with Crippen LogP contribution in [0.4, 0.5) is 0 Å². The van der Waals surface area contributed by atoms with Gasteiger partial charge in [-0.3, -0.25) is 4.55 Å². The van der Waals surface area contributed by atoms with E-state index in [1.165, 1.54) is 77.0 Å². The Morgan fingerprint density at radius 1 is 0.463 bits per heavy atom. The van der Waals surface area contributed by atoms with Crippen LogP contribution in [0, 0.1) is 53.3 Å². The maximum atomic E-state index is 12.7. The predicted octanol–water partition coefficient (Wildman–Crippen LogP) is 4.45. The van der Waals surface area contributed by atoms with Gasteiger partial charge in [-0.25, -0.2) is 0 Å². The van der Waals surface area contributed by atoms with Crippen LogP contribution in [0.1, 0.15) is 210 Å². The van der Waals surface area contributed by atoms with Crippen molar-refractivity contribution in [2.75, 3.05) is 0 Å². The van der Waals surface area contributed by atoms with Crippen molar-refractivity contribution in [2.24, 2.45) is 53.3 Å². The van der Waals surface area contributed by atoms with Crippen LogP contribution in [-0.2, 0) is 19.7 Å². The van der Waals surface area contributed by atoms with Crippen molar-refractivity contribution in [1.29, 1.82) is 0 Å². The zero-order valence-electron chi connectivity index (χ0n) is 37.6. The summed E-state index contributed by atoms with van der Waals surface area (Å²) in [6, 6.07) is 0. The Bertz CT molecular complexity index is 1050. The van der Waals surface area contributed by atoms with Crippen molar-refractivity contribution in [3.05, 3.63) is 0 Å². The average Bonchev–Trinajstić information content (AvgIpc) is 3.01. The van der Waals surface area contributed by atoms with Crippen LogP contribution >= 0.6 is 0 Å². The van der Waals surface area contributed by atoms with Crippen LogP contribution in [0.5, 0.6) is 0 Å². The second-order valence-corrected chi connectivity index (χ2v) is 20.3. The summed E-state index contributed by atoms with van der Waals surface area (Å²) in [7, 11) is -5.31. The fraction of sp³-hybridized carbons (Fsp3) is 0.955. The summed E-state index contributed by atoms with van der Waals surface area (Å²) >= 11 is 0. The van der Waals surface area contributed by atoms with Gasteiger partial charge in [0.25, 0.3) is 10.1 Å². The molecule has 0 heterocycles. The Morgan fingerprint density at radius 2 is 0.722 bits per heavy atom. The van der Waals surface area contributed by atoms with E-state index in [4.69, 9.17) is 0 Å². The number of carboxylic acids is 2. The Hall–Kier alpha value is 0.850. The predicted molar refractivity (Wildman–Crippen MR) is 214 cm³/mol. The van der Waals surface area contributed by atoms with E-state index in [0.717, 1.165) is 62.2 Å². The van der Waals surface area contributed by atoms with Gasteiger partial charge in [0.1, 0.15) is 4.75 Å². The number of hydrogen-bond donors (Lipinski definition) is 1. The number of carboxylic acid groups (broad SMARTS) is 2. The normalized spacial score (nSPS) is 17.1. The SMILES string of the molecule is CC(C)CCCC(C)CCCC(C)CCCC(C)CCC(C(=O)[O-])C(CCC(C)CCCC(C)CCCC(C)CCCC(C)C)(C(=O)[O-])S(=O)(=O)O.[Na+].[Na+]. The van der Waals surface area contributed by atoms with E-state index in [0.29, 0.717) is 18.3 Å². The first-order valence-electron chi connectivity index (χ1n) is 21.6. The minimum atomic E-state index is -5.31. The second kappa shape index (κ2) is 32.7. The monoisotopic (exact) mass is 803 g/mol. The Kier molecular flexibility index (Phi) is 35.8. The maximum Gasteiger partial charge on any atom is 1.00 e. The van der Waals surface area contributed by atoms with Crippen molar-refractivity contribution < 1.29 is 91.9 Å². The van der Waals surface area contributed by atoms with Gasteiger partial charge in [-0.05, 0) is 66.6 Å². The zero-order valence-corrected chi connectivity index (χ0v) is 42.4. The molecule has 1 N–H and O–H groups in total. The third kappa shape index (κ3) is 26.8. The van der Waals surface area contributed by atoms with Gasteiger partial charge < -0.3 is 19.8 Å². The van der Waals surface area contributed by atoms with E-state index in [2.05, 4.69) is 55.4 Å². The molecule has 0 spiro atoms. The fourth-order valence-electron chi connectivity index (χ4n) is 8.16. The zero-order chi connectivity index (χ0) is 39.9. The van der Waals surface area contributed by atoms with Crippen molar-refractivity contribution in [3.8, 4) is 0 Å². The quantitative estimate of drug-likeness (QED) is 0.0751. The molecule has 7 nitrogen and oxygen atoms in total. The molecule has 0 aromatic heterocycles. The molecule has 310 valence electrons. The topological polar surface area (TPSA) is 135 Å². The first-order valence-corrected chi connectivity index (χ1v) is 23.1. The summed E-state index contributed by atoms with van der Waals surface area (Å²) in [5.74, 6) is -1.48. The number of hydrogen-bond acceptors (Lipinski definition) is 6. The molecule has 0 aliphatic heterocycles. The third-order valence-electron chi connectivity index (χ3n) is 12.1. The van der Waals surface area contributed by atoms with E-state index >= 15 is 0 Å². The van der Waals surface area contributed by atoms with Crippen molar-refractivity contribution in [1.82, 2.24) is 0 Å². The number of carbonyl (C=O) groups is 2. The van der Waals surface area contributed by atoms with Crippen molar-refractivity contribution in [2.45, 2.75) is 215 Å². The fourth-order valence-corrected chi connectivity index (χ4v) is 9.32. The summed E-state index contributed by atoms with van der Waals surface area (Å²) in [6.07, 6.45) is 20.4. The van der Waals surface area contributed by atoms with E-state index in [1.807, 2.05) is 13.8 Å². The molecule has 0 aromatic carbocycles. The Labute approximate surface area is 379 Å². The molecule has 0 bridgehead atoms. The largest absolute Gasteiger partial charge is 1.00 e. The smallest absolute Gasteiger partial charge is 0.550 e. The average molecular weight is 803 g/mol. The molecule has 54 heavy (non-hydrogen) atoms. The summed E-state index contributed by atoms with van der Waals surface area (Å²) in [5.41, 5.74) is 0. The van der Waals surface area contributed by atoms with Crippen LogP contribution in [0.2, 0.25) is 0 Å². The van der Waals surface area contributed by atoms with Gasteiger partial charge in [-0.1, -0.05) is 191 Å². The van der Waals surface area contributed by atoms with Crippen LogP contribution in [-0.4, -0.2) is 29.7 Å². The molecule has 0 aliphatic rings. The first-order chi connectivity index (χ1) is 24.2. The second-order valence-electron chi connectivity index (χ2n) is 18.6. The molecule has 8 unspecified atom stereocenters. The molecule has 0 aromatic rings. The molecule has 0 rings (SSSR count). The molecule has 0 saturated carbocycles. The van der Waals surface area contributed by atoms with Gasteiger partial charge >= 0.3 is 59.1 Å². The molecule has 0 aliphatic carbocycles. The number of rotatable bonds is 34. The number of aliphatic carboxylic acids is 2. The molecule has 0 amide bonds. The standard InChI is InChI=1S/C44H86O7S.2Na/c1-33(2)17-11-19-35(5)21-13-23-37(7)25-15-27-39(9)29-30-41(42(45)46)44(43(47)48,52(49,50)51)32-31-40(10)28-16-26-38(8)24-14-22-36(6)20-12-18-34(3)4;;/h33-41H,11-32H2,1-10H3,(H,45,46)(H,47,48)(H,49,50,51);;/q;2*+1/p-2. The van der Waals surface area contributed by atoms with Crippen LogP contribution in [0.3, 0.4) is 0 Å². The van der Waals surface area contributed by atoms with E-state index in [-0.39, 0.29) is 83.8 Å². The minimum Gasteiger partial charge on any atom is -0.550 e. The van der Waals surface area contributed by atoms with Gasteiger partial charge in [0.2, 0.25) is 0 Å². The summed E-state index contributed by atoms with van der Waals surface area (Å²) in [5, 5.41) is 24.9. The maximum absolute atomic E-state index is 12.7. The molecule has 8 atom stereocenters. The summed E-state index contributed by atoms with van der Waals surface area (Å²) in [4.78, 5) is 24.9. The molecule has 0 fully saturated rings. The molecule has 10 heteroatoms. The van der Waals surface area contributed by atoms with E-state index < -0.39 is 39.1 Å². The van der Waals surface area contributed by atoms with Gasteiger partial charge in [0.05, 0.1) is 5.97 Å². The van der Waals surface area contributed by atoms with Crippen molar-refractivity contribution >= 4 is 22.1 Å². The van der Waals surface area contributed by atoms with Crippen molar-refractivity contribution in [3.63, 3.8) is 0 Å². The van der Waals surface area contributed by atoms with Gasteiger partial charge in [-0.15, -0.1) is 0 Å². The molecule has 0 saturated heterocycles. The Balaban J connectivity index is -0.0000130. The van der Waals surface area contributed by atoms with Gasteiger partial charge in [-0.2, -0.15) is 8.42 Å². The summed E-state index contributed by atoms with van der Waals surface area (Å²) < 4.78 is 32.8. The minimum absolute atomic E-state index is 0. The molecular weight excluding hydrogens is 719 g/mol. The molecule has 0 radical (unpaired) electrons. The van der Waals surface area contributed by atoms with Crippen LogP contribution in [0.25, 0.3) is 0 Å². The van der Waals surface area contributed by atoms with Gasteiger partial charge in [0.15, 0.2) is 0 Å². The van der Waals surface area contributed by atoms with Gasteiger partial charge in [0, 0.05) is 11.9 Å². The molecular formula is C44H84Na2O7S. The number of carbonyl (C=O) groups excluding carboxylic acids is 2. The van der Waals surface area contributed by atoms with E-state index in [9.17, 15) is 32.8 Å². The van der Waals surface area contributed by atoms with Crippen LogP contribution in [0.15, 0.2) is 0 Å². The Morgan fingerprint density at radius 3 is 0.963 bits per heavy atom. The summed E-state index contributed by atoms with van der Waals surface area (Å²) in [6.45, 7) is 22.3. The van der Waals surface area contributed by atoms with E-state index in [1.54, 1.807) is 0 Å². The third-order valence-corrected chi connectivity index (χ3v) is 13.7.